The third-order valence-corrected chi connectivity index (χ3v) is 2.01. The molecule has 1 aromatic rings. The fraction of sp³-hybridized carbons (Fsp3) is 0.273. The van der Waals surface area contributed by atoms with Gasteiger partial charge in [-0.3, -0.25) is 4.79 Å². The number of carbonyl (C=O) groups excluding carboxylic acids is 1. The maximum Gasteiger partial charge on any atom is 0.341 e. The molecule has 1 unspecified atom stereocenters. The zero-order valence-electron chi connectivity index (χ0n) is 8.50. The van der Waals surface area contributed by atoms with E-state index in [1.807, 2.05) is 0 Å². The number of aliphatic hydroxyl groups excluding tert-OH is 1. The van der Waals surface area contributed by atoms with Crippen molar-refractivity contribution in [1.82, 2.24) is 0 Å². The van der Waals surface area contributed by atoms with Gasteiger partial charge in [0.05, 0.1) is 6.61 Å². The number of benzene rings is 1. The molecule has 86 valence electrons. The van der Waals surface area contributed by atoms with Crippen LogP contribution in [0.2, 0.25) is 0 Å². The molecule has 1 aromatic carbocycles. The summed E-state index contributed by atoms with van der Waals surface area (Å²) in [4.78, 5) is 21.6. The lowest BCUT2D eigenvalue weighted by atomic mass is 10.0. The van der Waals surface area contributed by atoms with Gasteiger partial charge < -0.3 is 14.9 Å². The minimum absolute atomic E-state index is 0.414. The number of hydrogen-bond donors (Lipinski definition) is 2. The number of esters is 1. The van der Waals surface area contributed by atoms with Gasteiger partial charge in [0.2, 0.25) is 0 Å². The van der Waals surface area contributed by atoms with E-state index >= 15 is 0 Å². The number of rotatable bonds is 5. The second-order valence-electron chi connectivity index (χ2n) is 3.15. The van der Waals surface area contributed by atoms with Crippen LogP contribution in [0.1, 0.15) is 11.5 Å². The van der Waals surface area contributed by atoms with E-state index in [-0.39, 0.29) is 0 Å². The van der Waals surface area contributed by atoms with Crippen LogP contribution in [0.25, 0.3) is 0 Å². The van der Waals surface area contributed by atoms with E-state index in [9.17, 15) is 9.59 Å². The molecule has 2 N–H and O–H groups in total. The quantitative estimate of drug-likeness (QED) is 0.707. The maximum atomic E-state index is 11.4. The highest BCUT2D eigenvalue weighted by Gasteiger charge is 2.21. The lowest BCUT2D eigenvalue weighted by molar-refractivity contribution is -0.156. The molecule has 0 aliphatic rings. The summed E-state index contributed by atoms with van der Waals surface area (Å²) in [7, 11) is 0. The number of carboxylic acids is 1. The van der Waals surface area contributed by atoms with Crippen molar-refractivity contribution in [1.29, 1.82) is 0 Å². The monoisotopic (exact) mass is 224 g/mol. The lowest BCUT2D eigenvalue weighted by Gasteiger charge is -2.12. The van der Waals surface area contributed by atoms with Crippen molar-refractivity contribution in [3.8, 4) is 0 Å². The summed E-state index contributed by atoms with van der Waals surface area (Å²) >= 11 is 0. The molecule has 0 heterocycles. The number of aliphatic carboxylic acids is 1. The SMILES string of the molecule is O=C(O)COC(=O)C(CO)c1ccccc1. The summed E-state index contributed by atoms with van der Waals surface area (Å²) in [6, 6.07) is 8.57. The fourth-order valence-corrected chi connectivity index (χ4v) is 1.23. The Balaban J connectivity index is 2.68. The number of carbonyl (C=O) groups is 2. The Kier molecular flexibility index (Phi) is 4.47. The standard InChI is InChI=1S/C11H12O5/c12-6-9(8-4-2-1-3-5-8)11(15)16-7-10(13)14/h1-5,9,12H,6-7H2,(H,13,14). The van der Waals surface area contributed by atoms with Crippen LogP contribution in [-0.2, 0) is 14.3 Å². The predicted octanol–water partition coefficient (Wildman–Crippen LogP) is 0.390. The Hall–Kier alpha value is -1.88. The number of carboxylic acid groups (broad SMARTS) is 1. The number of ether oxygens (including phenoxy) is 1. The van der Waals surface area contributed by atoms with E-state index in [1.54, 1.807) is 30.3 Å². The molecule has 0 aliphatic carbocycles. The van der Waals surface area contributed by atoms with E-state index in [0.717, 1.165) is 0 Å². The van der Waals surface area contributed by atoms with Crippen LogP contribution in [0.3, 0.4) is 0 Å². The molecule has 0 saturated carbocycles. The van der Waals surface area contributed by atoms with Crippen molar-refractivity contribution >= 4 is 11.9 Å². The summed E-state index contributed by atoms with van der Waals surface area (Å²) in [6.07, 6.45) is 0. The number of aliphatic hydroxyl groups is 1. The van der Waals surface area contributed by atoms with Gasteiger partial charge in [0.15, 0.2) is 6.61 Å². The molecule has 5 heteroatoms. The van der Waals surface area contributed by atoms with E-state index in [1.165, 1.54) is 0 Å². The summed E-state index contributed by atoms with van der Waals surface area (Å²) < 4.78 is 4.51. The summed E-state index contributed by atoms with van der Waals surface area (Å²) in [5.41, 5.74) is 0.598. The van der Waals surface area contributed by atoms with Gasteiger partial charge in [-0.05, 0) is 5.56 Å². The highest BCUT2D eigenvalue weighted by molar-refractivity contribution is 5.80. The Morgan fingerprint density at radius 1 is 1.25 bits per heavy atom. The molecule has 16 heavy (non-hydrogen) atoms. The molecule has 0 fully saturated rings. The minimum Gasteiger partial charge on any atom is -0.479 e. The average Bonchev–Trinajstić information content (AvgIpc) is 2.29. The van der Waals surface area contributed by atoms with E-state index in [4.69, 9.17) is 10.2 Å². The Morgan fingerprint density at radius 3 is 2.38 bits per heavy atom. The van der Waals surface area contributed by atoms with Crippen molar-refractivity contribution in [3.05, 3.63) is 35.9 Å². The maximum absolute atomic E-state index is 11.4. The molecule has 1 rings (SSSR count). The van der Waals surface area contributed by atoms with E-state index in [0.29, 0.717) is 5.56 Å². The zero-order valence-corrected chi connectivity index (χ0v) is 8.50. The summed E-state index contributed by atoms with van der Waals surface area (Å²) in [5.74, 6) is -2.80. The normalized spacial score (nSPS) is 11.8. The third kappa shape index (κ3) is 3.36. The van der Waals surface area contributed by atoms with Gasteiger partial charge >= 0.3 is 11.9 Å². The van der Waals surface area contributed by atoms with Crippen LogP contribution in [0.4, 0.5) is 0 Å². The molecular weight excluding hydrogens is 212 g/mol. The first-order chi connectivity index (χ1) is 7.65. The molecule has 0 radical (unpaired) electrons. The third-order valence-electron chi connectivity index (χ3n) is 2.01. The topological polar surface area (TPSA) is 83.8 Å². The van der Waals surface area contributed by atoms with Crippen LogP contribution in [0, 0.1) is 0 Å². The largest absolute Gasteiger partial charge is 0.479 e. The van der Waals surface area contributed by atoms with Gasteiger partial charge in [-0.2, -0.15) is 0 Å². The minimum atomic E-state index is -1.22. The van der Waals surface area contributed by atoms with Gasteiger partial charge in [-0.1, -0.05) is 30.3 Å². The number of hydrogen-bond acceptors (Lipinski definition) is 4. The Bertz CT molecular complexity index is 360. The first-order valence-electron chi connectivity index (χ1n) is 4.69. The molecule has 1 atom stereocenters. The lowest BCUT2D eigenvalue weighted by Crippen LogP contribution is -2.22. The van der Waals surface area contributed by atoms with Crippen molar-refractivity contribution in [3.63, 3.8) is 0 Å². The van der Waals surface area contributed by atoms with Crippen LogP contribution < -0.4 is 0 Å². The molecule has 0 saturated heterocycles. The molecule has 0 spiro atoms. The van der Waals surface area contributed by atoms with Gasteiger partial charge in [0.1, 0.15) is 5.92 Å². The Labute approximate surface area is 92.3 Å². The van der Waals surface area contributed by atoms with Crippen LogP contribution in [-0.4, -0.2) is 35.4 Å². The van der Waals surface area contributed by atoms with Crippen molar-refractivity contribution in [2.24, 2.45) is 0 Å². The van der Waals surface area contributed by atoms with Crippen molar-refractivity contribution in [2.75, 3.05) is 13.2 Å². The van der Waals surface area contributed by atoms with Crippen LogP contribution in [0.15, 0.2) is 30.3 Å². The predicted molar refractivity (Wildman–Crippen MR) is 54.9 cm³/mol. The summed E-state index contributed by atoms with van der Waals surface area (Å²) in [6.45, 7) is -1.11. The molecule has 0 aromatic heterocycles. The first kappa shape index (κ1) is 12.2. The highest BCUT2D eigenvalue weighted by atomic mass is 16.6. The zero-order chi connectivity index (χ0) is 12.0. The van der Waals surface area contributed by atoms with Gasteiger partial charge in [-0.25, -0.2) is 4.79 Å². The molecule has 0 amide bonds. The Morgan fingerprint density at radius 2 is 1.88 bits per heavy atom. The van der Waals surface area contributed by atoms with Crippen LogP contribution in [0.5, 0.6) is 0 Å². The van der Waals surface area contributed by atoms with E-state index in [2.05, 4.69) is 4.74 Å². The van der Waals surface area contributed by atoms with Gasteiger partial charge in [0.25, 0.3) is 0 Å². The first-order valence-corrected chi connectivity index (χ1v) is 4.69. The summed E-state index contributed by atoms with van der Waals surface area (Å²) in [5, 5.41) is 17.4. The van der Waals surface area contributed by atoms with Crippen molar-refractivity contribution in [2.45, 2.75) is 5.92 Å². The van der Waals surface area contributed by atoms with Gasteiger partial charge in [-0.15, -0.1) is 0 Å². The highest BCUT2D eigenvalue weighted by Crippen LogP contribution is 2.16. The molecule has 5 nitrogen and oxygen atoms in total. The van der Waals surface area contributed by atoms with E-state index < -0.39 is 31.1 Å². The average molecular weight is 224 g/mol. The van der Waals surface area contributed by atoms with Crippen LogP contribution >= 0.6 is 0 Å². The smallest absolute Gasteiger partial charge is 0.341 e. The van der Waals surface area contributed by atoms with Gasteiger partial charge in [0, 0.05) is 0 Å². The fourth-order valence-electron chi connectivity index (χ4n) is 1.23. The van der Waals surface area contributed by atoms with Crippen molar-refractivity contribution < 1.29 is 24.5 Å². The second kappa shape index (κ2) is 5.87. The second-order valence-corrected chi connectivity index (χ2v) is 3.15. The molecule has 0 aliphatic heterocycles. The molecular formula is C11H12O5. The molecule has 0 bridgehead atoms.